The van der Waals surface area contributed by atoms with Crippen molar-refractivity contribution in [1.82, 2.24) is 4.98 Å². The molecule has 0 bridgehead atoms. The first-order valence-corrected chi connectivity index (χ1v) is 7.84. The number of sulfonamides is 1. The van der Waals surface area contributed by atoms with Crippen LogP contribution in [0.5, 0.6) is 0 Å². The van der Waals surface area contributed by atoms with Crippen molar-refractivity contribution in [3.8, 4) is 0 Å². The number of aromatic nitrogens is 1. The average molecular weight is 381 g/mol. The first-order chi connectivity index (χ1) is 9.29. The van der Waals surface area contributed by atoms with Crippen molar-refractivity contribution in [2.75, 3.05) is 10.5 Å². The molecule has 3 N–H and O–H groups in total. The molecule has 2 rings (SSSR count). The van der Waals surface area contributed by atoms with Gasteiger partial charge in [0.05, 0.1) is 5.69 Å². The third-order valence-electron chi connectivity index (χ3n) is 2.31. The molecule has 1 heterocycles. The molecule has 0 fully saturated rings. The largest absolute Gasteiger partial charge is 0.383 e. The van der Waals surface area contributed by atoms with E-state index in [1.807, 2.05) is 0 Å². The SMILES string of the molecule is Nc1ncc(Br)cc1S(=O)(=O)Nc1ccc(Cl)cc1F. The van der Waals surface area contributed by atoms with E-state index in [-0.39, 0.29) is 21.4 Å². The van der Waals surface area contributed by atoms with Gasteiger partial charge in [0.2, 0.25) is 0 Å². The van der Waals surface area contributed by atoms with E-state index < -0.39 is 15.8 Å². The summed E-state index contributed by atoms with van der Waals surface area (Å²) in [6, 6.07) is 4.86. The van der Waals surface area contributed by atoms with Crippen molar-refractivity contribution < 1.29 is 12.8 Å². The smallest absolute Gasteiger partial charge is 0.265 e. The molecule has 20 heavy (non-hydrogen) atoms. The number of halogens is 3. The number of nitrogens with zero attached hydrogens (tertiary/aromatic N) is 1. The number of rotatable bonds is 3. The second-order valence-electron chi connectivity index (χ2n) is 3.77. The first-order valence-electron chi connectivity index (χ1n) is 5.18. The number of benzene rings is 1. The van der Waals surface area contributed by atoms with E-state index in [0.29, 0.717) is 4.47 Å². The summed E-state index contributed by atoms with van der Waals surface area (Å²) in [6.45, 7) is 0. The summed E-state index contributed by atoms with van der Waals surface area (Å²) in [5.74, 6) is -0.974. The lowest BCUT2D eigenvalue weighted by Gasteiger charge is -2.10. The molecule has 0 unspecified atom stereocenters. The Morgan fingerprint density at radius 2 is 2.05 bits per heavy atom. The fourth-order valence-corrected chi connectivity index (χ4v) is 3.24. The van der Waals surface area contributed by atoms with Gasteiger partial charge in [0, 0.05) is 15.7 Å². The van der Waals surface area contributed by atoms with Gasteiger partial charge in [0.25, 0.3) is 10.0 Å². The zero-order valence-corrected chi connectivity index (χ0v) is 12.9. The second kappa shape index (κ2) is 5.55. The summed E-state index contributed by atoms with van der Waals surface area (Å²) in [6.07, 6.45) is 1.36. The van der Waals surface area contributed by atoms with Crippen molar-refractivity contribution in [2.45, 2.75) is 4.90 Å². The van der Waals surface area contributed by atoms with Crippen LogP contribution in [0.2, 0.25) is 5.02 Å². The summed E-state index contributed by atoms with van der Waals surface area (Å²) in [4.78, 5) is 3.47. The molecule has 0 saturated carbocycles. The molecular formula is C11H8BrClFN3O2S. The van der Waals surface area contributed by atoms with E-state index in [4.69, 9.17) is 17.3 Å². The van der Waals surface area contributed by atoms with Crippen LogP contribution >= 0.6 is 27.5 Å². The Morgan fingerprint density at radius 1 is 1.35 bits per heavy atom. The molecule has 0 aliphatic rings. The predicted molar refractivity (Wildman–Crippen MR) is 78.6 cm³/mol. The topological polar surface area (TPSA) is 85.1 Å². The quantitative estimate of drug-likeness (QED) is 0.857. The van der Waals surface area contributed by atoms with Gasteiger partial charge in [-0.25, -0.2) is 17.8 Å². The third-order valence-corrected chi connectivity index (χ3v) is 4.38. The highest BCUT2D eigenvalue weighted by Crippen LogP contribution is 2.25. The molecule has 1 aromatic carbocycles. The highest BCUT2D eigenvalue weighted by Gasteiger charge is 2.20. The third kappa shape index (κ3) is 3.20. The van der Waals surface area contributed by atoms with Crippen molar-refractivity contribution in [2.24, 2.45) is 0 Å². The van der Waals surface area contributed by atoms with Gasteiger partial charge in [0.1, 0.15) is 16.5 Å². The van der Waals surface area contributed by atoms with Gasteiger partial charge in [-0.15, -0.1) is 0 Å². The van der Waals surface area contributed by atoms with Gasteiger partial charge < -0.3 is 5.73 Å². The predicted octanol–water partition coefficient (Wildman–Crippen LogP) is 3.02. The molecule has 0 aliphatic heterocycles. The Labute approximate surface area is 128 Å². The maximum atomic E-state index is 13.6. The fraction of sp³-hybridized carbons (Fsp3) is 0. The number of hydrogen-bond acceptors (Lipinski definition) is 4. The van der Waals surface area contributed by atoms with Crippen molar-refractivity contribution in [3.63, 3.8) is 0 Å². The zero-order valence-electron chi connectivity index (χ0n) is 9.77. The normalized spacial score (nSPS) is 11.3. The number of anilines is 2. The highest BCUT2D eigenvalue weighted by atomic mass is 79.9. The average Bonchev–Trinajstić information content (AvgIpc) is 2.35. The number of nitrogens with two attached hydrogens (primary N) is 1. The van der Waals surface area contributed by atoms with E-state index >= 15 is 0 Å². The van der Waals surface area contributed by atoms with E-state index in [1.54, 1.807) is 0 Å². The summed E-state index contributed by atoms with van der Waals surface area (Å²) in [7, 11) is -4.05. The summed E-state index contributed by atoms with van der Waals surface area (Å²) >= 11 is 8.69. The van der Waals surface area contributed by atoms with E-state index in [9.17, 15) is 12.8 Å². The zero-order chi connectivity index (χ0) is 14.9. The Kier molecular flexibility index (Phi) is 4.17. The lowest BCUT2D eigenvalue weighted by atomic mass is 10.3. The molecule has 0 saturated heterocycles. The molecule has 106 valence electrons. The van der Waals surface area contributed by atoms with Crippen LogP contribution in [-0.4, -0.2) is 13.4 Å². The van der Waals surface area contributed by atoms with Crippen LogP contribution in [0.1, 0.15) is 0 Å². The molecule has 0 spiro atoms. The number of nitrogens with one attached hydrogen (secondary N) is 1. The maximum Gasteiger partial charge on any atom is 0.265 e. The number of pyridine rings is 1. The maximum absolute atomic E-state index is 13.6. The van der Waals surface area contributed by atoms with Crippen LogP contribution in [0.25, 0.3) is 0 Å². The number of nitrogen functional groups attached to an aromatic ring is 1. The van der Waals surface area contributed by atoms with Gasteiger partial charge in [-0.2, -0.15) is 0 Å². The minimum Gasteiger partial charge on any atom is -0.383 e. The molecule has 0 amide bonds. The first kappa shape index (κ1) is 15.0. The van der Waals surface area contributed by atoms with Crippen LogP contribution < -0.4 is 10.5 Å². The van der Waals surface area contributed by atoms with Crippen molar-refractivity contribution in [1.29, 1.82) is 0 Å². The Balaban J connectivity index is 2.43. The summed E-state index contributed by atoms with van der Waals surface area (Å²) < 4.78 is 40.5. The molecule has 0 aliphatic carbocycles. The van der Waals surface area contributed by atoms with Crippen LogP contribution in [0, 0.1) is 5.82 Å². The monoisotopic (exact) mass is 379 g/mol. The molecule has 2 aromatic rings. The van der Waals surface area contributed by atoms with Crippen molar-refractivity contribution in [3.05, 3.63) is 45.8 Å². The fourth-order valence-electron chi connectivity index (χ4n) is 1.42. The molecular weight excluding hydrogens is 373 g/mol. The highest BCUT2D eigenvalue weighted by molar-refractivity contribution is 9.10. The number of hydrogen-bond donors (Lipinski definition) is 2. The van der Waals surface area contributed by atoms with Gasteiger partial charge in [-0.05, 0) is 40.2 Å². The van der Waals surface area contributed by atoms with E-state index in [2.05, 4.69) is 25.6 Å². The lowest BCUT2D eigenvalue weighted by molar-refractivity contribution is 0.598. The van der Waals surface area contributed by atoms with Crippen molar-refractivity contribution >= 4 is 49.1 Å². The second-order valence-corrected chi connectivity index (χ2v) is 6.77. The van der Waals surface area contributed by atoms with Crippen LogP contribution in [-0.2, 0) is 10.0 Å². The molecule has 9 heteroatoms. The Morgan fingerprint density at radius 3 is 2.70 bits per heavy atom. The van der Waals surface area contributed by atoms with E-state index in [0.717, 1.165) is 6.07 Å². The van der Waals surface area contributed by atoms with Crippen LogP contribution in [0.15, 0.2) is 39.8 Å². The van der Waals surface area contributed by atoms with Crippen LogP contribution in [0.4, 0.5) is 15.9 Å². The van der Waals surface area contributed by atoms with E-state index in [1.165, 1.54) is 24.4 Å². The van der Waals surface area contributed by atoms with Crippen LogP contribution in [0.3, 0.4) is 0 Å². The lowest BCUT2D eigenvalue weighted by Crippen LogP contribution is -2.16. The van der Waals surface area contributed by atoms with Gasteiger partial charge in [-0.3, -0.25) is 4.72 Å². The van der Waals surface area contributed by atoms with Gasteiger partial charge >= 0.3 is 0 Å². The molecule has 1 aromatic heterocycles. The molecule has 0 radical (unpaired) electrons. The van der Waals surface area contributed by atoms with Gasteiger partial charge in [0.15, 0.2) is 0 Å². The minimum atomic E-state index is -4.05. The standard InChI is InChI=1S/C11H8BrClFN3O2S/c12-6-3-10(11(15)16-5-6)20(18,19)17-9-2-1-7(13)4-8(9)14/h1-5,17H,(H2,15,16). The minimum absolute atomic E-state index is 0.161. The summed E-state index contributed by atoms with van der Waals surface area (Å²) in [5, 5.41) is 0.161. The Bertz CT molecular complexity index is 770. The Hall–Kier alpha value is -1.38. The summed E-state index contributed by atoms with van der Waals surface area (Å²) in [5.41, 5.74) is 5.30. The molecule has 5 nitrogen and oxygen atoms in total. The molecule has 0 atom stereocenters. The van der Waals surface area contributed by atoms with Gasteiger partial charge in [-0.1, -0.05) is 11.6 Å².